The van der Waals surface area contributed by atoms with Gasteiger partial charge < -0.3 is 18.8 Å². The molecule has 0 bridgehead atoms. The number of benzene rings is 2. The first-order chi connectivity index (χ1) is 15.7. The van der Waals surface area contributed by atoms with Gasteiger partial charge in [0.25, 0.3) is 15.2 Å². The van der Waals surface area contributed by atoms with E-state index in [1.165, 1.54) is 31.0 Å². The zero-order valence-electron chi connectivity index (χ0n) is 18.5. The summed E-state index contributed by atoms with van der Waals surface area (Å²) in [5, 5.41) is 0.306. The highest BCUT2D eigenvalue weighted by atomic mass is 32.2. The number of thioether (sulfide) groups is 1. The number of anilines is 1. The van der Waals surface area contributed by atoms with Crippen molar-refractivity contribution in [2.45, 2.75) is 36.2 Å². The van der Waals surface area contributed by atoms with Crippen molar-refractivity contribution in [2.24, 2.45) is 0 Å². The SMILES string of the molecule is COc1ccccc1NS(=O)(=O)c1ccc2oc(SCC(=O)N3C[C@@H](C)O[C@@H](C)C3)nc2c1. The second-order valence-corrected chi connectivity index (χ2v) is 10.4. The van der Waals surface area contributed by atoms with E-state index in [4.69, 9.17) is 13.9 Å². The van der Waals surface area contributed by atoms with Gasteiger partial charge in [0.05, 0.1) is 35.7 Å². The van der Waals surface area contributed by atoms with E-state index in [-0.39, 0.29) is 28.8 Å². The van der Waals surface area contributed by atoms with Crippen LogP contribution in [0, 0.1) is 0 Å². The van der Waals surface area contributed by atoms with Gasteiger partial charge in [-0.1, -0.05) is 23.9 Å². The van der Waals surface area contributed by atoms with Crippen LogP contribution in [-0.2, 0) is 19.6 Å². The van der Waals surface area contributed by atoms with Gasteiger partial charge in [-0.3, -0.25) is 9.52 Å². The van der Waals surface area contributed by atoms with Crippen molar-refractivity contribution >= 4 is 44.5 Å². The van der Waals surface area contributed by atoms with Gasteiger partial charge in [-0.05, 0) is 44.2 Å². The first-order valence-electron chi connectivity index (χ1n) is 10.4. The second kappa shape index (κ2) is 9.62. The van der Waals surface area contributed by atoms with Crippen LogP contribution < -0.4 is 9.46 Å². The third kappa shape index (κ3) is 5.43. The summed E-state index contributed by atoms with van der Waals surface area (Å²) in [6, 6.07) is 11.2. The molecular formula is C22H25N3O6S2. The van der Waals surface area contributed by atoms with Gasteiger partial charge in [0, 0.05) is 13.1 Å². The zero-order valence-corrected chi connectivity index (χ0v) is 20.1. The highest BCUT2D eigenvalue weighted by Gasteiger charge is 2.26. The fourth-order valence-electron chi connectivity index (χ4n) is 3.64. The fourth-order valence-corrected chi connectivity index (χ4v) is 5.48. The van der Waals surface area contributed by atoms with E-state index >= 15 is 0 Å². The first kappa shape index (κ1) is 23.4. The Balaban J connectivity index is 1.46. The molecule has 1 fully saturated rings. The van der Waals surface area contributed by atoms with Gasteiger partial charge in [-0.2, -0.15) is 0 Å². The summed E-state index contributed by atoms with van der Waals surface area (Å²) in [6.45, 7) is 4.99. The predicted octanol–water partition coefficient (Wildman–Crippen LogP) is 3.37. The summed E-state index contributed by atoms with van der Waals surface area (Å²) in [5.74, 6) is 0.566. The summed E-state index contributed by atoms with van der Waals surface area (Å²) >= 11 is 1.18. The monoisotopic (exact) mass is 491 g/mol. The molecule has 9 nitrogen and oxygen atoms in total. The van der Waals surface area contributed by atoms with Gasteiger partial charge in [0.1, 0.15) is 11.3 Å². The van der Waals surface area contributed by atoms with Crippen LogP contribution in [0.25, 0.3) is 11.1 Å². The Morgan fingerprint density at radius 1 is 1.21 bits per heavy atom. The summed E-state index contributed by atoms with van der Waals surface area (Å²) in [6.07, 6.45) is -0.00582. The Labute approximate surface area is 196 Å². The van der Waals surface area contributed by atoms with Gasteiger partial charge in [-0.15, -0.1) is 0 Å². The molecule has 2 aromatic carbocycles. The van der Waals surface area contributed by atoms with E-state index in [1.807, 2.05) is 13.8 Å². The lowest BCUT2D eigenvalue weighted by Crippen LogP contribution is -2.48. The second-order valence-electron chi connectivity index (χ2n) is 7.76. The third-order valence-corrected chi connectivity index (χ3v) is 7.27. The van der Waals surface area contributed by atoms with Gasteiger partial charge in [0.15, 0.2) is 5.58 Å². The Kier molecular flexibility index (Phi) is 6.82. The molecule has 1 saturated heterocycles. The van der Waals surface area contributed by atoms with E-state index in [9.17, 15) is 13.2 Å². The minimum Gasteiger partial charge on any atom is -0.495 e. The van der Waals surface area contributed by atoms with Crippen molar-refractivity contribution in [3.8, 4) is 5.75 Å². The maximum atomic E-state index is 12.9. The van der Waals surface area contributed by atoms with Gasteiger partial charge in [0.2, 0.25) is 5.91 Å². The minimum atomic E-state index is -3.87. The highest BCUT2D eigenvalue weighted by Crippen LogP contribution is 2.29. The van der Waals surface area contributed by atoms with Crippen molar-refractivity contribution in [2.75, 3.05) is 30.7 Å². The molecule has 0 saturated carbocycles. The number of carbonyl (C=O) groups is 1. The number of hydrogen-bond donors (Lipinski definition) is 1. The lowest BCUT2D eigenvalue weighted by molar-refractivity contribution is -0.140. The quantitative estimate of drug-likeness (QED) is 0.501. The number of sulfonamides is 1. The Morgan fingerprint density at radius 3 is 2.67 bits per heavy atom. The number of morpholine rings is 1. The van der Waals surface area contributed by atoms with Gasteiger partial charge >= 0.3 is 0 Å². The van der Waals surface area contributed by atoms with E-state index in [0.717, 1.165) is 0 Å². The molecule has 3 aromatic rings. The molecule has 33 heavy (non-hydrogen) atoms. The topological polar surface area (TPSA) is 111 Å². The fraction of sp³-hybridized carbons (Fsp3) is 0.364. The average Bonchev–Trinajstić information content (AvgIpc) is 3.19. The van der Waals surface area contributed by atoms with Crippen LogP contribution in [0.15, 0.2) is 57.0 Å². The smallest absolute Gasteiger partial charge is 0.262 e. The normalized spacial score (nSPS) is 18.9. The molecule has 1 aliphatic heterocycles. The van der Waals surface area contributed by atoms with Gasteiger partial charge in [-0.25, -0.2) is 13.4 Å². The summed E-state index contributed by atoms with van der Waals surface area (Å²) in [4.78, 5) is 18.8. The molecule has 1 aliphatic rings. The summed E-state index contributed by atoms with van der Waals surface area (Å²) < 4.78 is 44.8. The van der Waals surface area contributed by atoms with Crippen LogP contribution in [0.4, 0.5) is 5.69 Å². The predicted molar refractivity (Wildman–Crippen MR) is 125 cm³/mol. The Morgan fingerprint density at radius 2 is 1.94 bits per heavy atom. The van der Waals surface area contributed by atoms with E-state index in [1.54, 1.807) is 35.2 Å². The lowest BCUT2D eigenvalue weighted by atomic mass is 10.2. The number of hydrogen-bond acceptors (Lipinski definition) is 8. The molecule has 4 rings (SSSR count). The number of fused-ring (bicyclic) bond motifs is 1. The Hall–Kier alpha value is -2.76. The van der Waals surface area contributed by atoms with Crippen LogP contribution in [0.3, 0.4) is 0 Å². The van der Waals surface area contributed by atoms with E-state index in [0.29, 0.717) is 40.8 Å². The zero-order chi connectivity index (χ0) is 23.6. The molecule has 1 amide bonds. The lowest BCUT2D eigenvalue weighted by Gasteiger charge is -2.35. The number of para-hydroxylation sites is 2. The molecular weight excluding hydrogens is 466 g/mol. The number of ether oxygens (including phenoxy) is 2. The number of nitrogens with zero attached hydrogens (tertiary/aromatic N) is 2. The molecule has 11 heteroatoms. The summed E-state index contributed by atoms with van der Waals surface area (Å²) in [5.41, 5.74) is 1.16. The van der Waals surface area contributed by atoms with E-state index in [2.05, 4.69) is 9.71 Å². The minimum absolute atomic E-state index is 0.00291. The molecule has 0 unspecified atom stereocenters. The van der Waals surface area contributed by atoms with Crippen LogP contribution in [-0.4, -0.2) is 62.4 Å². The number of nitrogens with one attached hydrogen (secondary N) is 1. The van der Waals surface area contributed by atoms with Crippen molar-refractivity contribution in [1.29, 1.82) is 0 Å². The van der Waals surface area contributed by atoms with Crippen molar-refractivity contribution in [1.82, 2.24) is 9.88 Å². The Bertz CT molecular complexity index is 1250. The molecule has 2 heterocycles. The maximum Gasteiger partial charge on any atom is 0.262 e. The van der Waals surface area contributed by atoms with Crippen LogP contribution in [0.5, 0.6) is 5.75 Å². The largest absolute Gasteiger partial charge is 0.495 e. The molecule has 2 atom stereocenters. The molecule has 176 valence electrons. The average molecular weight is 492 g/mol. The van der Waals surface area contributed by atoms with Crippen LogP contribution in [0.2, 0.25) is 0 Å². The van der Waals surface area contributed by atoms with E-state index < -0.39 is 10.0 Å². The number of aromatic nitrogens is 1. The number of oxazole rings is 1. The van der Waals surface area contributed by atoms with Crippen LogP contribution in [0.1, 0.15) is 13.8 Å². The first-order valence-corrected chi connectivity index (χ1v) is 12.8. The molecule has 0 radical (unpaired) electrons. The van der Waals surface area contributed by atoms with Crippen molar-refractivity contribution < 1.29 is 27.1 Å². The maximum absolute atomic E-state index is 12.9. The standard InChI is InChI=1S/C22H25N3O6S2/c1-14-11-25(12-15(2)30-14)21(26)13-32-22-23-18-10-16(8-9-20(18)31-22)33(27,28)24-17-6-4-5-7-19(17)29-3/h4-10,14-15,24H,11-13H2,1-3H3/t14-,15+. The number of amides is 1. The molecule has 0 spiro atoms. The third-order valence-electron chi connectivity index (χ3n) is 5.09. The van der Waals surface area contributed by atoms with Crippen molar-refractivity contribution in [3.05, 3.63) is 42.5 Å². The summed E-state index contributed by atoms with van der Waals surface area (Å²) in [7, 11) is -2.40. The molecule has 1 N–H and O–H groups in total. The number of methoxy groups -OCH3 is 1. The molecule has 0 aliphatic carbocycles. The highest BCUT2D eigenvalue weighted by molar-refractivity contribution is 7.99. The molecule has 1 aromatic heterocycles. The number of rotatable bonds is 7. The van der Waals surface area contributed by atoms with Crippen molar-refractivity contribution in [3.63, 3.8) is 0 Å². The number of carbonyl (C=O) groups excluding carboxylic acids is 1. The van der Waals surface area contributed by atoms with Crippen LogP contribution >= 0.6 is 11.8 Å².